The standard InChI is InChI=1S/C44H76O14/c1-26(2)40(54-33(10)47)19-15-28(5)42(56-35(12)49)21-17-30(7)44(58-37(14)51)24-39(53-32(9)46)23-38(25-52-31(8)45)18-22-43(57-36(13)50)29(6)16-20-41(27(3)4)55-34(11)48/h26-30,38-44H,15-25H2,1-14H3. The Morgan fingerprint density at radius 3 is 1.00 bits per heavy atom. The van der Waals surface area contributed by atoms with Crippen molar-refractivity contribution in [1.29, 1.82) is 0 Å². The van der Waals surface area contributed by atoms with Crippen LogP contribution in [0.15, 0.2) is 0 Å². The molecule has 0 aliphatic heterocycles. The van der Waals surface area contributed by atoms with Gasteiger partial charge < -0.3 is 33.2 Å². The molecule has 0 spiro atoms. The van der Waals surface area contributed by atoms with Crippen molar-refractivity contribution >= 4 is 41.8 Å². The molecule has 0 aliphatic carbocycles. The average molecular weight is 829 g/mol. The predicted molar refractivity (Wildman–Crippen MR) is 217 cm³/mol. The number of hydrogen-bond donors (Lipinski definition) is 0. The normalized spacial score (nSPS) is 16.6. The lowest BCUT2D eigenvalue weighted by Crippen LogP contribution is -2.34. The van der Waals surface area contributed by atoms with Crippen LogP contribution in [0, 0.1) is 35.5 Å². The van der Waals surface area contributed by atoms with Crippen molar-refractivity contribution in [3.63, 3.8) is 0 Å². The second-order valence-corrected chi connectivity index (χ2v) is 16.8. The van der Waals surface area contributed by atoms with Crippen LogP contribution in [0.3, 0.4) is 0 Å². The van der Waals surface area contributed by atoms with Gasteiger partial charge in [0.2, 0.25) is 0 Å². The summed E-state index contributed by atoms with van der Waals surface area (Å²) in [6.07, 6.45) is 1.94. The van der Waals surface area contributed by atoms with Gasteiger partial charge in [-0.2, -0.15) is 0 Å². The summed E-state index contributed by atoms with van der Waals surface area (Å²) in [4.78, 5) is 84.4. The quantitative estimate of drug-likeness (QED) is 0.0524. The Hall–Kier alpha value is -3.71. The lowest BCUT2D eigenvalue weighted by atomic mass is 9.85. The number of carbonyl (C=O) groups excluding carboxylic acids is 7. The SMILES string of the molecule is CC(=O)OCC(CCC(OC(C)=O)C(C)CCC(OC(C)=O)C(C)C)CC(CC(OC(C)=O)C(C)CCC(OC(C)=O)C(C)CCC(OC(C)=O)C(C)C)OC(C)=O. The summed E-state index contributed by atoms with van der Waals surface area (Å²) in [7, 11) is 0. The van der Waals surface area contributed by atoms with Crippen molar-refractivity contribution < 1.29 is 66.7 Å². The summed E-state index contributed by atoms with van der Waals surface area (Å²) in [6, 6.07) is 0. The van der Waals surface area contributed by atoms with Crippen LogP contribution in [0.2, 0.25) is 0 Å². The summed E-state index contributed by atoms with van der Waals surface area (Å²) in [5.41, 5.74) is 0. The molecule has 336 valence electrons. The van der Waals surface area contributed by atoms with E-state index in [2.05, 4.69) is 0 Å². The maximum atomic E-state index is 12.4. The first-order valence-corrected chi connectivity index (χ1v) is 21.1. The van der Waals surface area contributed by atoms with E-state index in [4.69, 9.17) is 33.2 Å². The van der Waals surface area contributed by atoms with E-state index in [1.54, 1.807) is 0 Å². The van der Waals surface area contributed by atoms with Gasteiger partial charge in [0.25, 0.3) is 0 Å². The number of hydrogen-bond acceptors (Lipinski definition) is 14. The molecule has 10 unspecified atom stereocenters. The first-order valence-electron chi connectivity index (χ1n) is 21.1. The second-order valence-electron chi connectivity index (χ2n) is 16.8. The molecular formula is C44H76O14. The lowest BCUT2D eigenvalue weighted by molar-refractivity contribution is -0.158. The monoisotopic (exact) mass is 829 g/mol. The molecule has 10 atom stereocenters. The smallest absolute Gasteiger partial charge is 0.302 e. The molecule has 0 aromatic carbocycles. The summed E-state index contributed by atoms with van der Waals surface area (Å²) in [6.45, 7) is 23.3. The van der Waals surface area contributed by atoms with Gasteiger partial charge in [0.15, 0.2) is 0 Å². The van der Waals surface area contributed by atoms with E-state index in [1.165, 1.54) is 48.5 Å². The molecule has 0 aromatic heterocycles. The van der Waals surface area contributed by atoms with Gasteiger partial charge in [-0.3, -0.25) is 33.6 Å². The van der Waals surface area contributed by atoms with E-state index in [9.17, 15) is 33.6 Å². The third kappa shape index (κ3) is 25.6. The zero-order valence-electron chi connectivity index (χ0n) is 37.9. The summed E-state index contributed by atoms with van der Waals surface area (Å²) < 4.78 is 39.6. The number of ether oxygens (including phenoxy) is 7. The molecule has 58 heavy (non-hydrogen) atoms. The van der Waals surface area contributed by atoms with E-state index < -0.39 is 54.3 Å². The Kier molecular flexibility index (Phi) is 26.8. The van der Waals surface area contributed by atoms with Crippen molar-refractivity contribution in [2.45, 2.75) is 198 Å². The maximum Gasteiger partial charge on any atom is 0.302 e. The van der Waals surface area contributed by atoms with Crippen LogP contribution in [-0.2, 0) is 66.7 Å². The molecule has 0 aliphatic rings. The molecule has 0 bridgehead atoms. The molecule has 14 heteroatoms. The van der Waals surface area contributed by atoms with Crippen LogP contribution in [0.1, 0.15) is 161 Å². The molecular weight excluding hydrogens is 752 g/mol. The van der Waals surface area contributed by atoms with E-state index >= 15 is 0 Å². The Labute approximate surface area is 347 Å². The average Bonchev–Trinajstić information content (AvgIpc) is 3.08. The molecule has 0 amide bonds. The molecule has 0 radical (unpaired) electrons. The van der Waals surface area contributed by atoms with Crippen molar-refractivity contribution in [3.05, 3.63) is 0 Å². The van der Waals surface area contributed by atoms with Gasteiger partial charge in [-0.1, -0.05) is 48.5 Å². The number of rotatable bonds is 29. The van der Waals surface area contributed by atoms with Gasteiger partial charge in [-0.15, -0.1) is 0 Å². The molecule has 14 nitrogen and oxygen atoms in total. The topological polar surface area (TPSA) is 184 Å². The number of esters is 7. The minimum atomic E-state index is -0.720. The Balaban J connectivity index is 6.15. The van der Waals surface area contributed by atoms with Gasteiger partial charge in [-0.25, -0.2) is 0 Å². The first-order chi connectivity index (χ1) is 26.9. The van der Waals surface area contributed by atoms with Crippen LogP contribution in [-0.4, -0.2) is 85.0 Å². The van der Waals surface area contributed by atoms with E-state index in [0.717, 1.165) is 0 Å². The lowest BCUT2D eigenvalue weighted by Gasteiger charge is -2.32. The fourth-order valence-electron chi connectivity index (χ4n) is 7.24. The molecule has 0 N–H and O–H groups in total. The Morgan fingerprint density at radius 1 is 0.345 bits per heavy atom. The number of carbonyl (C=O) groups is 7. The Morgan fingerprint density at radius 2 is 0.655 bits per heavy atom. The van der Waals surface area contributed by atoms with Gasteiger partial charge in [0, 0.05) is 54.9 Å². The highest BCUT2D eigenvalue weighted by Crippen LogP contribution is 2.31. The first kappa shape index (κ1) is 54.3. The highest BCUT2D eigenvalue weighted by molar-refractivity contribution is 5.68. The van der Waals surface area contributed by atoms with Crippen LogP contribution >= 0.6 is 0 Å². The zero-order chi connectivity index (χ0) is 44.7. The fourth-order valence-corrected chi connectivity index (χ4v) is 7.24. The van der Waals surface area contributed by atoms with Crippen LogP contribution in [0.25, 0.3) is 0 Å². The summed E-state index contributed by atoms with van der Waals surface area (Å²) in [5.74, 6) is -3.51. The van der Waals surface area contributed by atoms with Gasteiger partial charge in [-0.05, 0) is 93.3 Å². The van der Waals surface area contributed by atoms with Crippen LogP contribution < -0.4 is 0 Å². The highest BCUT2D eigenvalue weighted by atomic mass is 16.6. The van der Waals surface area contributed by atoms with Crippen molar-refractivity contribution in [1.82, 2.24) is 0 Å². The maximum absolute atomic E-state index is 12.4. The minimum Gasteiger partial charge on any atom is -0.466 e. The molecule has 0 saturated heterocycles. The summed E-state index contributed by atoms with van der Waals surface area (Å²) >= 11 is 0. The van der Waals surface area contributed by atoms with Gasteiger partial charge >= 0.3 is 41.8 Å². The molecule has 0 heterocycles. The minimum absolute atomic E-state index is 0.0288. The van der Waals surface area contributed by atoms with Crippen LogP contribution in [0.5, 0.6) is 0 Å². The largest absolute Gasteiger partial charge is 0.466 e. The highest BCUT2D eigenvalue weighted by Gasteiger charge is 2.32. The molecule has 0 fully saturated rings. The Bertz CT molecular complexity index is 1280. The molecule has 0 saturated carbocycles. The fraction of sp³-hybridized carbons (Fsp3) is 0.841. The molecule has 0 aromatic rings. The summed E-state index contributed by atoms with van der Waals surface area (Å²) in [5, 5.41) is 0. The van der Waals surface area contributed by atoms with E-state index in [-0.39, 0.29) is 79.1 Å². The van der Waals surface area contributed by atoms with Gasteiger partial charge in [0.05, 0.1) is 6.61 Å². The van der Waals surface area contributed by atoms with E-state index in [0.29, 0.717) is 51.4 Å². The van der Waals surface area contributed by atoms with Crippen molar-refractivity contribution in [2.24, 2.45) is 35.5 Å². The van der Waals surface area contributed by atoms with E-state index in [1.807, 2.05) is 48.5 Å². The van der Waals surface area contributed by atoms with Crippen molar-refractivity contribution in [3.8, 4) is 0 Å². The van der Waals surface area contributed by atoms with Crippen molar-refractivity contribution in [2.75, 3.05) is 6.61 Å². The third-order valence-electron chi connectivity index (χ3n) is 10.5. The predicted octanol–water partition coefficient (Wildman–Crippen LogP) is 7.88. The van der Waals surface area contributed by atoms with Gasteiger partial charge in [0.1, 0.15) is 36.6 Å². The molecule has 0 rings (SSSR count). The third-order valence-corrected chi connectivity index (χ3v) is 10.5. The van der Waals surface area contributed by atoms with Crippen LogP contribution in [0.4, 0.5) is 0 Å². The zero-order valence-corrected chi connectivity index (χ0v) is 37.9. The second kappa shape index (κ2) is 28.7.